The molecule has 0 unspecified atom stereocenters. The number of aliphatic carboxylic acids is 1. The first kappa shape index (κ1) is 47.2. The molecule has 2 aliphatic heterocycles. The van der Waals surface area contributed by atoms with Gasteiger partial charge in [-0.3, -0.25) is 19.4 Å². The normalized spacial score (nSPS) is 41.9. The molecular weight excluding hydrogens is 835 g/mol. The van der Waals surface area contributed by atoms with E-state index in [1.807, 2.05) is 26.2 Å². The Morgan fingerprint density at radius 1 is 0.776 bits per heavy atom. The van der Waals surface area contributed by atoms with Crippen LogP contribution in [0.2, 0.25) is 0 Å². The molecule has 0 bridgehead atoms. The average Bonchev–Trinajstić information content (AvgIpc) is 4.12. The highest BCUT2D eigenvalue weighted by Crippen LogP contribution is 2.82. The molecule has 8 aliphatic rings. The third-order valence-corrected chi connectivity index (χ3v) is 23.0. The molecule has 67 heavy (non-hydrogen) atoms. The Balaban J connectivity index is 0.928. The number of ether oxygens (including phenoxy) is 1. The lowest BCUT2D eigenvalue weighted by atomic mass is 9.27. The van der Waals surface area contributed by atoms with E-state index in [0.717, 1.165) is 127 Å². The summed E-state index contributed by atoms with van der Waals surface area (Å²) >= 11 is 0. The Bertz CT molecular complexity index is 2280. The second-order valence-corrected chi connectivity index (χ2v) is 25.8. The van der Waals surface area contributed by atoms with Gasteiger partial charge in [-0.05, 0) is 179 Å². The van der Waals surface area contributed by atoms with Gasteiger partial charge in [0.05, 0.1) is 29.0 Å². The van der Waals surface area contributed by atoms with Crippen molar-refractivity contribution < 1.29 is 24.2 Å². The number of carboxylic acid groups (broad SMARTS) is 1. The van der Waals surface area contributed by atoms with Crippen LogP contribution in [-0.4, -0.2) is 79.6 Å². The monoisotopic (exact) mass is 918 g/mol. The fraction of sp³-hybridized carbons (Fsp3) is 0.772. The molecule has 13 atom stereocenters. The molecule has 8 fully saturated rings. The number of imidazole rings is 1. The van der Waals surface area contributed by atoms with Crippen molar-refractivity contribution in [1.82, 2.24) is 24.3 Å². The molecule has 0 aromatic carbocycles. The standard InChI is InChI=1S/C57H83N5O5/c1-36(2)38-15-24-57(50(66)62-31-13-14-43(62)47-59-42(37-19-27-58-28-20-37)35-61(47)33-32-60-29-11-12-30-60)26-25-53(7)39(46(38)57)16-22-56(10)54(8)21-18-45(52(5,6)44(54)17-23-55(53,56)9)67-49(65)41-34-40(48(63)64)51(41,3)4/h19-20,27-28,35,38-41,43-46H,1,11-18,21-26,29-34H2,2-10H3,(H,63,64)/t38-,39+,40-,41+,43-,44-,45-,46+,53+,54-,55-,56+,57-/m0/s1. The minimum Gasteiger partial charge on any atom is -0.481 e. The highest BCUT2D eigenvalue weighted by Gasteiger charge is 2.76. The van der Waals surface area contributed by atoms with Gasteiger partial charge < -0.3 is 24.2 Å². The zero-order valence-corrected chi connectivity index (χ0v) is 42.7. The number of carboxylic acids is 1. The summed E-state index contributed by atoms with van der Waals surface area (Å²) in [5, 5.41) is 9.78. The molecule has 0 spiro atoms. The van der Waals surface area contributed by atoms with E-state index in [2.05, 4.69) is 92.7 Å². The summed E-state index contributed by atoms with van der Waals surface area (Å²) in [6, 6.07) is 4.07. The first-order chi connectivity index (χ1) is 31.6. The number of fused-ring (bicyclic) bond motifs is 7. The Hall–Kier alpha value is -3.53. The van der Waals surface area contributed by atoms with Crippen LogP contribution in [0.15, 0.2) is 42.9 Å². The summed E-state index contributed by atoms with van der Waals surface area (Å²) in [7, 11) is 0. The molecule has 2 aromatic heterocycles. The van der Waals surface area contributed by atoms with Crippen molar-refractivity contribution in [2.75, 3.05) is 26.2 Å². The lowest BCUT2D eigenvalue weighted by Gasteiger charge is -2.77. The number of hydrogen-bond donors (Lipinski definition) is 1. The predicted molar refractivity (Wildman–Crippen MR) is 261 cm³/mol. The van der Waals surface area contributed by atoms with Crippen LogP contribution in [0.5, 0.6) is 0 Å². The molecule has 0 radical (unpaired) electrons. The molecule has 2 saturated heterocycles. The van der Waals surface area contributed by atoms with Crippen LogP contribution in [0.4, 0.5) is 0 Å². The summed E-state index contributed by atoms with van der Waals surface area (Å²) in [6.07, 6.45) is 21.0. The Morgan fingerprint density at radius 2 is 1.48 bits per heavy atom. The van der Waals surface area contributed by atoms with Gasteiger partial charge in [0.25, 0.3) is 0 Å². The summed E-state index contributed by atoms with van der Waals surface area (Å²) in [4.78, 5) is 56.4. The zero-order chi connectivity index (χ0) is 47.7. The van der Waals surface area contributed by atoms with Crippen LogP contribution < -0.4 is 0 Å². The maximum Gasteiger partial charge on any atom is 0.309 e. The number of aromatic nitrogens is 3. The van der Waals surface area contributed by atoms with Gasteiger partial charge in [-0.15, -0.1) is 0 Å². The van der Waals surface area contributed by atoms with E-state index in [1.54, 1.807) is 0 Å². The molecule has 1 amide bonds. The van der Waals surface area contributed by atoms with E-state index < -0.39 is 22.7 Å². The third kappa shape index (κ3) is 6.71. The molecule has 6 saturated carbocycles. The number of pyridine rings is 1. The number of esters is 1. The van der Waals surface area contributed by atoms with Crippen LogP contribution in [0, 0.1) is 73.4 Å². The first-order valence-corrected chi connectivity index (χ1v) is 26.7. The van der Waals surface area contributed by atoms with E-state index in [-0.39, 0.29) is 57.0 Å². The number of likely N-dealkylation sites (tertiary alicyclic amines) is 2. The lowest BCUT2D eigenvalue weighted by Crippen LogP contribution is -2.71. The van der Waals surface area contributed by atoms with Gasteiger partial charge in [0.1, 0.15) is 11.9 Å². The Labute approximate surface area is 401 Å². The number of hydrogen-bond acceptors (Lipinski definition) is 7. The van der Waals surface area contributed by atoms with Crippen molar-refractivity contribution in [3.05, 3.63) is 48.7 Å². The third-order valence-electron chi connectivity index (χ3n) is 23.0. The van der Waals surface area contributed by atoms with Crippen LogP contribution in [0.3, 0.4) is 0 Å². The molecule has 2 aromatic rings. The largest absolute Gasteiger partial charge is 0.481 e. The summed E-state index contributed by atoms with van der Waals surface area (Å²) < 4.78 is 8.93. The maximum absolute atomic E-state index is 16.1. The lowest BCUT2D eigenvalue weighted by molar-refractivity contribution is -0.292. The van der Waals surface area contributed by atoms with Crippen LogP contribution in [0.1, 0.15) is 170 Å². The summed E-state index contributed by atoms with van der Waals surface area (Å²) in [5.41, 5.74) is 2.31. The Kier molecular flexibility index (Phi) is 11.4. The number of amides is 1. The molecule has 366 valence electrons. The minimum atomic E-state index is -0.818. The van der Waals surface area contributed by atoms with Crippen molar-refractivity contribution in [3.63, 3.8) is 0 Å². The van der Waals surface area contributed by atoms with E-state index in [9.17, 15) is 14.7 Å². The van der Waals surface area contributed by atoms with Gasteiger partial charge in [0.15, 0.2) is 0 Å². The minimum absolute atomic E-state index is 0.0316. The van der Waals surface area contributed by atoms with E-state index in [4.69, 9.17) is 9.72 Å². The van der Waals surface area contributed by atoms with Gasteiger partial charge in [0, 0.05) is 49.2 Å². The summed E-state index contributed by atoms with van der Waals surface area (Å²) in [6.45, 7) is 31.1. The quantitative estimate of drug-likeness (QED) is 0.185. The fourth-order valence-corrected chi connectivity index (χ4v) is 18.4. The molecule has 1 N–H and O–H groups in total. The molecular formula is C57H83N5O5. The maximum atomic E-state index is 16.1. The van der Waals surface area contributed by atoms with Gasteiger partial charge in [0.2, 0.25) is 5.91 Å². The van der Waals surface area contributed by atoms with E-state index in [0.29, 0.717) is 30.1 Å². The highest BCUT2D eigenvalue weighted by atomic mass is 16.5. The smallest absolute Gasteiger partial charge is 0.309 e. The van der Waals surface area contributed by atoms with Crippen molar-refractivity contribution in [2.45, 2.75) is 177 Å². The second kappa shape index (κ2) is 16.3. The van der Waals surface area contributed by atoms with E-state index in [1.165, 1.54) is 18.4 Å². The van der Waals surface area contributed by atoms with Crippen LogP contribution in [0.25, 0.3) is 11.3 Å². The molecule has 6 aliphatic carbocycles. The Morgan fingerprint density at radius 3 is 2.16 bits per heavy atom. The number of allylic oxidation sites excluding steroid dienone is 1. The fourth-order valence-electron chi connectivity index (χ4n) is 18.4. The first-order valence-electron chi connectivity index (χ1n) is 26.7. The number of carbonyl (C=O) groups is 3. The molecule has 10 heteroatoms. The topological polar surface area (TPSA) is 118 Å². The molecule has 10 rings (SSSR count). The van der Waals surface area contributed by atoms with Crippen molar-refractivity contribution in [3.8, 4) is 11.3 Å². The number of carbonyl (C=O) groups excluding carboxylic acids is 2. The number of nitrogens with zero attached hydrogens (tertiary/aromatic N) is 5. The van der Waals surface area contributed by atoms with Crippen molar-refractivity contribution in [1.29, 1.82) is 0 Å². The molecule has 10 nitrogen and oxygen atoms in total. The zero-order valence-electron chi connectivity index (χ0n) is 42.7. The molecule has 4 heterocycles. The highest BCUT2D eigenvalue weighted by molar-refractivity contribution is 5.85. The van der Waals surface area contributed by atoms with Gasteiger partial charge >= 0.3 is 11.9 Å². The van der Waals surface area contributed by atoms with Gasteiger partial charge in [-0.25, -0.2) is 4.98 Å². The van der Waals surface area contributed by atoms with Crippen LogP contribution in [-0.2, 0) is 25.7 Å². The van der Waals surface area contributed by atoms with Crippen molar-refractivity contribution in [2.24, 2.45) is 73.4 Å². The second-order valence-electron chi connectivity index (χ2n) is 25.8. The summed E-state index contributed by atoms with van der Waals surface area (Å²) in [5.74, 6) is 0.979. The average molecular weight is 918 g/mol. The van der Waals surface area contributed by atoms with Gasteiger partial charge in [-0.2, -0.15) is 0 Å². The SMILES string of the molecule is C=C(C)[C@@H]1CC[C@]2(C(=O)N3CCC[C@H]3c3nc(-c4ccncc4)cn3CCN3CCCC3)CC[C@]3(C)[C@H](CC[C@@]4(C)[C@@]3(C)CC[C@H]3C(C)(C)[C@@H](OC(=O)[C@H]5C[C@@H](C(=O)O)C5(C)C)CC[C@@]34C)[C@@H]12. The van der Waals surface area contributed by atoms with Gasteiger partial charge in [-0.1, -0.05) is 67.5 Å². The van der Waals surface area contributed by atoms with Crippen molar-refractivity contribution >= 4 is 17.8 Å². The predicted octanol–water partition coefficient (Wildman–Crippen LogP) is 11.4. The number of rotatable bonds is 10. The van der Waals surface area contributed by atoms with E-state index >= 15 is 4.79 Å². The van der Waals surface area contributed by atoms with Crippen LogP contribution >= 0.6 is 0 Å².